The lowest BCUT2D eigenvalue weighted by Crippen LogP contribution is -2.51. The summed E-state index contributed by atoms with van der Waals surface area (Å²) in [5.74, 6) is -0.198. The monoisotopic (exact) mass is 375 g/mol. The molecule has 0 aliphatic carbocycles. The van der Waals surface area contributed by atoms with Gasteiger partial charge in [-0.1, -0.05) is 26.0 Å². The fraction of sp³-hybridized carbons (Fsp3) is 0.526. The molecule has 2 N–H and O–H groups in total. The molecule has 6 nitrogen and oxygen atoms in total. The molecule has 0 aromatic heterocycles. The second-order valence-corrected chi connectivity index (χ2v) is 8.38. The molecule has 7 heteroatoms. The predicted octanol–water partition coefficient (Wildman–Crippen LogP) is 2.25. The van der Waals surface area contributed by atoms with Crippen molar-refractivity contribution in [3.8, 4) is 0 Å². The zero-order valence-corrected chi connectivity index (χ0v) is 16.0. The Balaban J connectivity index is 1.58. The van der Waals surface area contributed by atoms with Gasteiger partial charge in [-0.15, -0.1) is 11.8 Å². The number of likely N-dealkylation sites (tertiary alicyclic amines) is 1. The van der Waals surface area contributed by atoms with Crippen molar-refractivity contribution in [3.63, 3.8) is 0 Å². The van der Waals surface area contributed by atoms with Crippen LogP contribution in [0.25, 0.3) is 0 Å². The van der Waals surface area contributed by atoms with E-state index >= 15 is 0 Å². The van der Waals surface area contributed by atoms with Crippen LogP contribution in [0.15, 0.2) is 29.2 Å². The topological polar surface area (TPSA) is 78.5 Å². The first-order chi connectivity index (χ1) is 12.4. The molecule has 2 atom stereocenters. The van der Waals surface area contributed by atoms with Crippen LogP contribution in [0.2, 0.25) is 0 Å². The Kier molecular flexibility index (Phi) is 5.86. The van der Waals surface area contributed by atoms with Crippen LogP contribution in [0, 0.1) is 5.92 Å². The molecule has 3 amide bonds. The number of hydrogen-bond acceptors (Lipinski definition) is 4. The van der Waals surface area contributed by atoms with Crippen molar-refractivity contribution in [1.29, 1.82) is 0 Å². The summed E-state index contributed by atoms with van der Waals surface area (Å²) in [6.45, 7) is 4.92. The number of nitrogens with zero attached hydrogens (tertiary/aromatic N) is 1. The SMILES string of the molecule is CC(C)C(=O)N[C@H]1CCCN(C(=O)C[C@H]2Sc3ccccc3NC2=O)C1. The molecule has 140 valence electrons. The van der Waals surface area contributed by atoms with E-state index in [0.717, 1.165) is 23.4 Å². The Morgan fingerprint density at radius 2 is 2.12 bits per heavy atom. The standard InChI is InChI=1S/C19H25N3O3S/c1-12(2)18(24)20-13-6-5-9-22(11-13)17(23)10-16-19(25)21-14-7-3-4-8-15(14)26-16/h3-4,7-8,12-13,16H,5-6,9-11H2,1-2H3,(H,20,24)(H,21,25)/t13-,16+/m0/s1. The van der Waals surface area contributed by atoms with E-state index < -0.39 is 5.25 Å². The highest BCUT2D eigenvalue weighted by Gasteiger charge is 2.32. The number of carbonyl (C=O) groups is 3. The summed E-state index contributed by atoms with van der Waals surface area (Å²) in [4.78, 5) is 39.7. The van der Waals surface area contributed by atoms with E-state index in [0.29, 0.717) is 13.1 Å². The second kappa shape index (κ2) is 8.12. The lowest BCUT2D eigenvalue weighted by atomic mass is 10.0. The van der Waals surface area contributed by atoms with Crippen molar-refractivity contribution in [2.24, 2.45) is 5.92 Å². The summed E-state index contributed by atoms with van der Waals surface area (Å²) in [6.07, 6.45) is 1.92. The molecule has 1 saturated heterocycles. The summed E-state index contributed by atoms with van der Waals surface area (Å²) in [5, 5.41) is 5.48. The van der Waals surface area contributed by atoms with Gasteiger partial charge in [-0.05, 0) is 25.0 Å². The third kappa shape index (κ3) is 4.38. The van der Waals surface area contributed by atoms with Crippen molar-refractivity contribution in [2.75, 3.05) is 18.4 Å². The smallest absolute Gasteiger partial charge is 0.238 e. The maximum atomic E-state index is 12.7. The molecule has 1 aromatic carbocycles. The van der Waals surface area contributed by atoms with Gasteiger partial charge in [-0.3, -0.25) is 14.4 Å². The van der Waals surface area contributed by atoms with Crippen LogP contribution >= 0.6 is 11.8 Å². The molecule has 0 radical (unpaired) electrons. The number of benzene rings is 1. The average Bonchev–Trinajstić information content (AvgIpc) is 2.62. The van der Waals surface area contributed by atoms with E-state index in [1.54, 1.807) is 4.90 Å². The number of nitrogens with one attached hydrogen (secondary N) is 2. The van der Waals surface area contributed by atoms with Crippen LogP contribution in [0.5, 0.6) is 0 Å². The van der Waals surface area contributed by atoms with Gasteiger partial charge >= 0.3 is 0 Å². The summed E-state index contributed by atoms with van der Waals surface area (Å²) in [7, 11) is 0. The van der Waals surface area contributed by atoms with Crippen molar-refractivity contribution in [1.82, 2.24) is 10.2 Å². The van der Waals surface area contributed by atoms with E-state index in [2.05, 4.69) is 10.6 Å². The first-order valence-corrected chi connectivity index (χ1v) is 9.96. The molecule has 0 bridgehead atoms. The van der Waals surface area contributed by atoms with Crippen LogP contribution in [0.4, 0.5) is 5.69 Å². The van der Waals surface area contributed by atoms with Gasteiger partial charge in [-0.2, -0.15) is 0 Å². The van der Waals surface area contributed by atoms with E-state index in [1.165, 1.54) is 11.8 Å². The number of hydrogen-bond donors (Lipinski definition) is 2. The Bertz CT molecular complexity index is 707. The van der Waals surface area contributed by atoms with Gasteiger partial charge in [0.05, 0.1) is 10.9 Å². The van der Waals surface area contributed by atoms with Crippen LogP contribution in [0.3, 0.4) is 0 Å². The Labute approximate surface area is 158 Å². The predicted molar refractivity (Wildman–Crippen MR) is 102 cm³/mol. The fourth-order valence-corrected chi connectivity index (χ4v) is 4.31. The molecule has 3 rings (SSSR count). The van der Waals surface area contributed by atoms with Crippen LogP contribution in [0.1, 0.15) is 33.1 Å². The van der Waals surface area contributed by atoms with Gasteiger partial charge in [0.2, 0.25) is 17.7 Å². The first-order valence-electron chi connectivity index (χ1n) is 9.08. The number of amides is 3. The van der Waals surface area contributed by atoms with Crippen molar-refractivity contribution >= 4 is 35.2 Å². The van der Waals surface area contributed by atoms with E-state index in [1.807, 2.05) is 38.1 Å². The zero-order chi connectivity index (χ0) is 18.7. The Morgan fingerprint density at radius 3 is 2.88 bits per heavy atom. The second-order valence-electron chi connectivity index (χ2n) is 7.14. The number of fused-ring (bicyclic) bond motifs is 1. The molecular weight excluding hydrogens is 350 g/mol. The third-order valence-electron chi connectivity index (χ3n) is 4.71. The van der Waals surface area contributed by atoms with E-state index in [4.69, 9.17) is 0 Å². The lowest BCUT2D eigenvalue weighted by molar-refractivity contribution is -0.135. The maximum Gasteiger partial charge on any atom is 0.238 e. The van der Waals surface area contributed by atoms with E-state index in [-0.39, 0.29) is 36.1 Å². The molecule has 1 aromatic rings. The van der Waals surface area contributed by atoms with Gasteiger partial charge < -0.3 is 15.5 Å². The minimum absolute atomic E-state index is 0.00355. The number of piperidine rings is 1. The van der Waals surface area contributed by atoms with Crippen molar-refractivity contribution in [2.45, 2.75) is 49.3 Å². The van der Waals surface area contributed by atoms with Crippen molar-refractivity contribution < 1.29 is 14.4 Å². The number of carbonyl (C=O) groups excluding carboxylic acids is 3. The van der Waals surface area contributed by atoms with Crippen LogP contribution < -0.4 is 10.6 Å². The highest BCUT2D eigenvalue weighted by molar-refractivity contribution is 8.01. The summed E-state index contributed by atoms with van der Waals surface area (Å²) >= 11 is 1.44. The van der Waals surface area contributed by atoms with Crippen molar-refractivity contribution in [3.05, 3.63) is 24.3 Å². The maximum absolute atomic E-state index is 12.7. The molecule has 2 heterocycles. The number of thioether (sulfide) groups is 1. The number of rotatable bonds is 4. The molecule has 26 heavy (non-hydrogen) atoms. The molecule has 1 fully saturated rings. The summed E-state index contributed by atoms with van der Waals surface area (Å²) < 4.78 is 0. The Hall–Kier alpha value is -2.02. The molecule has 0 unspecified atom stereocenters. The normalized spacial score (nSPS) is 22.6. The van der Waals surface area contributed by atoms with Gasteiger partial charge in [-0.25, -0.2) is 0 Å². The molecular formula is C19H25N3O3S. The molecule has 2 aliphatic heterocycles. The minimum Gasteiger partial charge on any atom is -0.351 e. The lowest BCUT2D eigenvalue weighted by Gasteiger charge is -2.34. The molecule has 0 spiro atoms. The zero-order valence-electron chi connectivity index (χ0n) is 15.2. The fourth-order valence-electron chi connectivity index (χ4n) is 3.20. The number of para-hydroxylation sites is 1. The van der Waals surface area contributed by atoms with Crippen LogP contribution in [-0.4, -0.2) is 47.0 Å². The third-order valence-corrected chi connectivity index (χ3v) is 5.99. The quantitative estimate of drug-likeness (QED) is 0.846. The van der Waals surface area contributed by atoms with Gasteiger partial charge in [0.15, 0.2) is 0 Å². The highest BCUT2D eigenvalue weighted by Crippen LogP contribution is 2.36. The van der Waals surface area contributed by atoms with Crippen LogP contribution in [-0.2, 0) is 14.4 Å². The Morgan fingerprint density at radius 1 is 1.35 bits per heavy atom. The van der Waals surface area contributed by atoms with E-state index in [9.17, 15) is 14.4 Å². The first kappa shape index (κ1) is 18.8. The average molecular weight is 375 g/mol. The largest absolute Gasteiger partial charge is 0.351 e. The highest BCUT2D eigenvalue weighted by atomic mass is 32.2. The summed E-state index contributed by atoms with van der Waals surface area (Å²) in [5.41, 5.74) is 0.806. The number of anilines is 1. The minimum atomic E-state index is -0.414. The van der Waals surface area contributed by atoms with Gasteiger partial charge in [0.25, 0.3) is 0 Å². The van der Waals surface area contributed by atoms with Gasteiger partial charge in [0, 0.05) is 36.4 Å². The summed E-state index contributed by atoms with van der Waals surface area (Å²) in [6, 6.07) is 7.62. The van der Waals surface area contributed by atoms with Gasteiger partial charge in [0.1, 0.15) is 0 Å². The molecule has 0 saturated carbocycles. The molecule has 2 aliphatic rings.